The van der Waals surface area contributed by atoms with Gasteiger partial charge in [-0.15, -0.1) is 11.3 Å². The lowest BCUT2D eigenvalue weighted by atomic mass is 10.1. The Morgan fingerprint density at radius 2 is 2.12 bits per heavy atom. The molecule has 1 saturated heterocycles. The van der Waals surface area contributed by atoms with Crippen LogP contribution in [-0.2, 0) is 6.42 Å². The van der Waals surface area contributed by atoms with Gasteiger partial charge in [-0.1, -0.05) is 0 Å². The SMILES string of the molecule is Cc1nc(CC[NH+]2CCCCC2)sc1C(=O)[O-]. The number of aromatic carboxylic acids is 1. The highest BCUT2D eigenvalue weighted by molar-refractivity contribution is 7.13. The Kier molecular flexibility index (Phi) is 4.12. The minimum Gasteiger partial charge on any atom is -0.544 e. The third-order valence-corrected chi connectivity index (χ3v) is 4.48. The summed E-state index contributed by atoms with van der Waals surface area (Å²) in [5.74, 6) is -1.10. The highest BCUT2D eigenvalue weighted by Gasteiger charge is 2.15. The van der Waals surface area contributed by atoms with E-state index in [1.807, 2.05) is 0 Å². The predicted octanol–water partition coefficient (Wildman–Crippen LogP) is -0.574. The van der Waals surface area contributed by atoms with Gasteiger partial charge in [-0.25, -0.2) is 4.98 Å². The van der Waals surface area contributed by atoms with Crippen LogP contribution in [0, 0.1) is 6.92 Å². The number of hydrogen-bond donors (Lipinski definition) is 1. The fraction of sp³-hybridized carbons (Fsp3) is 0.667. The van der Waals surface area contributed by atoms with Gasteiger partial charge in [0.15, 0.2) is 0 Å². The molecule has 2 heterocycles. The maximum atomic E-state index is 10.8. The van der Waals surface area contributed by atoms with E-state index in [2.05, 4.69) is 4.98 Å². The van der Waals surface area contributed by atoms with Gasteiger partial charge in [0.25, 0.3) is 0 Å². The van der Waals surface area contributed by atoms with Crippen molar-refractivity contribution < 1.29 is 14.8 Å². The van der Waals surface area contributed by atoms with Crippen molar-refractivity contribution >= 4 is 17.3 Å². The molecular formula is C12H18N2O2S. The summed E-state index contributed by atoms with van der Waals surface area (Å²) in [6.45, 7) is 5.30. The molecule has 0 spiro atoms. The Bertz CT molecular complexity index is 397. The quantitative estimate of drug-likeness (QED) is 0.782. The number of aromatic nitrogens is 1. The Labute approximate surface area is 105 Å². The Hall–Kier alpha value is -0.940. The summed E-state index contributed by atoms with van der Waals surface area (Å²) in [4.78, 5) is 17.0. The molecule has 94 valence electrons. The second-order valence-electron chi connectivity index (χ2n) is 4.62. The summed E-state index contributed by atoms with van der Waals surface area (Å²) in [6, 6.07) is 0. The normalized spacial score (nSPS) is 17.2. The van der Waals surface area contributed by atoms with Crippen LogP contribution in [0.25, 0.3) is 0 Å². The fourth-order valence-electron chi connectivity index (χ4n) is 2.33. The van der Waals surface area contributed by atoms with Crippen LogP contribution in [0.5, 0.6) is 0 Å². The van der Waals surface area contributed by atoms with Crippen LogP contribution >= 0.6 is 11.3 Å². The van der Waals surface area contributed by atoms with Gasteiger partial charge in [0.05, 0.1) is 41.2 Å². The van der Waals surface area contributed by atoms with Crippen molar-refractivity contribution in [3.8, 4) is 0 Å². The molecule has 0 unspecified atom stereocenters. The maximum absolute atomic E-state index is 10.8. The van der Waals surface area contributed by atoms with Gasteiger partial charge in [0.2, 0.25) is 0 Å². The second-order valence-corrected chi connectivity index (χ2v) is 5.70. The largest absolute Gasteiger partial charge is 0.544 e. The Morgan fingerprint density at radius 1 is 1.41 bits per heavy atom. The number of nitrogens with one attached hydrogen (secondary N) is 1. The predicted molar refractivity (Wildman–Crippen MR) is 64.3 cm³/mol. The van der Waals surface area contributed by atoms with E-state index in [1.165, 1.54) is 43.7 Å². The van der Waals surface area contributed by atoms with Crippen molar-refractivity contribution in [2.24, 2.45) is 0 Å². The number of piperidine rings is 1. The average Bonchev–Trinajstić information content (AvgIpc) is 2.69. The molecule has 5 heteroatoms. The van der Waals surface area contributed by atoms with Crippen molar-refractivity contribution in [2.75, 3.05) is 19.6 Å². The van der Waals surface area contributed by atoms with E-state index in [9.17, 15) is 9.90 Å². The van der Waals surface area contributed by atoms with Crippen molar-refractivity contribution in [1.82, 2.24) is 4.98 Å². The molecule has 0 amide bonds. The molecule has 1 N–H and O–H groups in total. The standard InChI is InChI=1S/C12H18N2O2S/c1-9-11(12(15)16)17-10(13-9)5-8-14-6-3-2-4-7-14/h2-8H2,1H3,(H,15,16). The van der Waals surface area contributed by atoms with Crippen molar-refractivity contribution in [3.05, 3.63) is 15.6 Å². The average molecular weight is 254 g/mol. The monoisotopic (exact) mass is 254 g/mol. The van der Waals surface area contributed by atoms with Crippen molar-refractivity contribution in [1.29, 1.82) is 0 Å². The summed E-state index contributed by atoms with van der Waals surface area (Å²) in [7, 11) is 0. The smallest absolute Gasteiger partial charge is 0.0991 e. The number of thiazole rings is 1. The maximum Gasteiger partial charge on any atom is 0.0991 e. The zero-order chi connectivity index (χ0) is 12.3. The van der Waals surface area contributed by atoms with E-state index in [1.54, 1.807) is 11.8 Å². The molecule has 0 saturated carbocycles. The van der Waals surface area contributed by atoms with Crippen LogP contribution in [-0.4, -0.2) is 30.6 Å². The minimum absolute atomic E-state index is 0.286. The number of nitrogens with zero attached hydrogens (tertiary/aromatic N) is 1. The van der Waals surface area contributed by atoms with Gasteiger partial charge in [-0.2, -0.15) is 0 Å². The van der Waals surface area contributed by atoms with E-state index in [4.69, 9.17) is 0 Å². The number of carbonyl (C=O) groups excluding carboxylic acids is 1. The first-order valence-corrected chi connectivity index (χ1v) is 6.99. The summed E-state index contributed by atoms with van der Waals surface area (Å²) in [6.07, 6.45) is 4.87. The van der Waals surface area contributed by atoms with Crippen LogP contribution in [0.15, 0.2) is 0 Å². The van der Waals surface area contributed by atoms with Gasteiger partial charge in [-0.05, 0) is 26.2 Å². The molecule has 0 aromatic carbocycles. The number of carboxylic acid groups (broad SMARTS) is 1. The molecule has 4 nitrogen and oxygen atoms in total. The molecule has 1 aliphatic rings. The lowest BCUT2D eigenvalue weighted by Gasteiger charge is -2.22. The van der Waals surface area contributed by atoms with Crippen molar-refractivity contribution in [2.45, 2.75) is 32.6 Å². The summed E-state index contributed by atoms with van der Waals surface area (Å²) >= 11 is 1.27. The zero-order valence-corrected chi connectivity index (χ0v) is 10.9. The van der Waals surface area contributed by atoms with Crippen LogP contribution in [0.1, 0.15) is 39.6 Å². The van der Waals surface area contributed by atoms with E-state index in [-0.39, 0.29) is 4.88 Å². The Morgan fingerprint density at radius 3 is 2.71 bits per heavy atom. The number of quaternary nitrogens is 1. The highest BCUT2D eigenvalue weighted by Crippen LogP contribution is 2.17. The zero-order valence-electron chi connectivity index (χ0n) is 10.1. The Balaban J connectivity index is 1.90. The first-order chi connectivity index (χ1) is 8.16. The number of hydrogen-bond acceptors (Lipinski definition) is 4. The second kappa shape index (κ2) is 5.60. The molecule has 1 fully saturated rings. The minimum atomic E-state index is -1.10. The number of carboxylic acids is 1. The van der Waals surface area contributed by atoms with E-state index in [0.717, 1.165) is 18.0 Å². The van der Waals surface area contributed by atoms with E-state index in [0.29, 0.717) is 5.69 Å². The number of likely N-dealkylation sites (tertiary alicyclic amines) is 1. The number of aryl methyl sites for hydroxylation is 1. The summed E-state index contributed by atoms with van der Waals surface area (Å²) in [5, 5.41) is 11.7. The van der Waals surface area contributed by atoms with Crippen LogP contribution in [0.2, 0.25) is 0 Å². The number of rotatable bonds is 4. The third-order valence-electron chi connectivity index (χ3n) is 3.28. The van der Waals surface area contributed by atoms with Crippen molar-refractivity contribution in [3.63, 3.8) is 0 Å². The van der Waals surface area contributed by atoms with Gasteiger partial charge in [0.1, 0.15) is 0 Å². The van der Waals surface area contributed by atoms with E-state index >= 15 is 0 Å². The lowest BCUT2D eigenvalue weighted by molar-refractivity contribution is -0.904. The summed E-state index contributed by atoms with van der Waals surface area (Å²) < 4.78 is 0. The molecule has 0 aliphatic carbocycles. The van der Waals surface area contributed by atoms with Gasteiger partial charge < -0.3 is 14.8 Å². The first kappa shape index (κ1) is 12.5. The van der Waals surface area contributed by atoms with Crippen LogP contribution in [0.4, 0.5) is 0 Å². The van der Waals surface area contributed by atoms with E-state index < -0.39 is 5.97 Å². The lowest BCUT2D eigenvalue weighted by Crippen LogP contribution is -3.13. The number of carbonyl (C=O) groups is 1. The first-order valence-electron chi connectivity index (χ1n) is 6.18. The molecule has 1 aromatic rings. The molecule has 2 rings (SSSR count). The highest BCUT2D eigenvalue weighted by atomic mass is 32.1. The van der Waals surface area contributed by atoms with Gasteiger partial charge >= 0.3 is 0 Å². The molecule has 0 atom stereocenters. The van der Waals surface area contributed by atoms with Crippen LogP contribution < -0.4 is 10.0 Å². The molecule has 1 aliphatic heterocycles. The summed E-state index contributed by atoms with van der Waals surface area (Å²) in [5.41, 5.74) is 0.596. The van der Waals surface area contributed by atoms with Crippen LogP contribution in [0.3, 0.4) is 0 Å². The van der Waals surface area contributed by atoms with Gasteiger partial charge in [0, 0.05) is 6.42 Å². The molecular weight excluding hydrogens is 236 g/mol. The third kappa shape index (κ3) is 3.26. The fourth-order valence-corrected chi connectivity index (χ4v) is 3.23. The van der Waals surface area contributed by atoms with Gasteiger partial charge in [-0.3, -0.25) is 0 Å². The topological polar surface area (TPSA) is 57.5 Å². The molecule has 0 radical (unpaired) electrons. The molecule has 17 heavy (non-hydrogen) atoms. The molecule has 0 bridgehead atoms. The molecule has 1 aromatic heterocycles.